The Morgan fingerprint density at radius 3 is 2.46 bits per heavy atom. The maximum Gasteiger partial charge on any atom is 0.227 e. The van der Waals surface area contributed by atoms with Gasteiger partial charge in [0.2, 0.25) is 5.91 Å². The zero-order valence-electron chi connectivity index (χ0n) is 14.3. The molecule has 1 fully saturated rings. The summed E-state index contributed by atoms with van der Waals surface area (Å²) >= 11 is 0. The zero-order valence-corrected chi connectivity index (χ0v) is 14.3. The van der Waals surface area contributed by atoms with E-state index in [1.807, 2.05) is 42.6 Å². The number of Topliss-reactive ketones (excluding diaryl/α,β-unsaturated/α-hetero) is 1. The van der Waals surface area contributed by atoms with E-state index in [4.69, 9.17) is 0 Å². The highest BCUT2D eigenvalue weighted by Gasteiger charge is 2.29. The van der Waals surface area contributed by atoms with Crippen molar-refractivity contribution < 1.29 is 9.59 Å². The van der Waals surface area contributed by atoms with Crippen molar-refractivity contribution in [3.8, 4) is 0 Å². The van der Waals surface area contributed by atoms with Crippen LogP contribution < -0.4 is 0 Å². The average molecular weight is 325 g/mol. The molecule has 2 aliphatic rings. The Balaban J connectivity index is 1.70. The molecule has 128 valence electrons. The van der Waals surface area contributed by atoms with E-state index in [0.29, 0.717) is 31.1 Å². The lowest BCUT2D eigenvalue weighted by Crippen LogP contribution is -2.27. The first kappa shape index (κ1) is 16.9. The normalized spacial score (nSPS) is 25.0. The lowest BCUT2D eigenvalue weighted by Gasteiger charge is -2.28. The topological polar surface area (TPSA) is 37.4 Å². The Bertz CT molecular complexity index is 587. The zero-order chi connectivity index (χ0) is 16.8. The van der Waals surface area contributed by atoms with Gasteiger partial charge in [-0.2, -0.15) is 0 Å². The van der Waals surface area contributed by atoms with E-state index >= 15 is 0 Å². The molecular weight excluding hydrogens is 298 g/mol. The number of ketones is 1. The SMILES string of the molecule is O=C1CCC(=O)N(Cc2ccccc2)/C=C\CC1C1CCCCC1. The van der Waals surface area contributed by atoms with Crippen molar-refractivity contribution in [3.63, 3.8) is 0 Å². The summed E-state index contributed by atoms with van der Waals surface area (Å²) in [4.78, 5) is 26.9. The molecular formula is C21H27NO2. The van der Waals surface area contributed by atoms with Crippen LogP contribution in [0.25, 0.3) is 0 Å². The van der Waals surface area contributed by atoms with Crippen molar-refractivity contribution >= 4 is 11.7 Å². The van der Waals surface area contributed by atoms with E-state index in [1.54, 1.807) is 4.90 Å². The second-order valence-corrected chi connectivity index (χ2v) is 7.10. The highest BCUT2D eigenvalue weighted by Crippen LogP contribution is 2.34. The second-order valence-electron chi connectivity index (χ2n) is 7.10. The van der Waals surface area contributed by atoms with Gasteiger partial charge >= 0.3 is 0 Å². The molecule has 0 bridgehead atoms. The Kier molecular flexibility index (Phi) is 5.84. The lowest BCUT2D eigenvalue weighted by molar-refractivity contribution is -0.132. The summed E-state index contributed by atoms with van der Waals surface area (Å²) in [6.45, 7) is 0.582. The van der Waals surface area contributed by atoms with E-state index < -0.39 is 0 Å². The summed E-state index contributed by atoms with van der Waals surface area (Å²) in [5.41, 5.74) is 1.12. The molecule has 3 heteroatoms. The van der Waals surface area contributed by atoms with Crippen LogP contribution in [0.2, 0.25) is 0 Å². The first-order chi connectivity index (χ1) is 11.7. The van der Waals surface area contributed by atoms with E-state index in [2.05, 4.69) is 0 Å². The smallest absolute Gasteiger partial charge is 0.227 e. The van der Waals surface area contributed by atoms with Gasteiger partial charge in [-0.3, -0.25) is 9.59 Å². The van der Waals surface area contributed by atoms with Crippen LogP contribution in [0.15, 0.2) is 42.6 Å². The molecule has 0 saturated heterocycles. The summed E-state index contributed by atoms with van der Waals surface area (Å²) in [5, 5.41) is 0. The molecule has 0 aromatic heterocycles. The largest absolute Gasteiger partial charge is 0.315 e. The molecule has 0 N–H and O–H groups in total. The van der Waals surface area contributed by atoms with Crippen molar-refractivity contribution in [1.29, 1.82) is 0 Å². The molecule has 3 nitrogen and oxygen atoms in total. The second kappa shape index (κ2) is 8.27. The van der Waals surface area contributed by atoms with Crippen molar-refractivity contribution in [1.82, 2.24) is 4.90 Å². The van der Waals surface area contributed by atoms with Gasteiger partial charge in [0, 0.05) is 25.0 Å². The number of benzene rings is 1. The third-order valence-electron chi connectivity index (χ3n) is 5.41. The number of nitrogens with zero attached hydrogens (tertiary/aromatic N) is 1. The van der Waals surface area contributed by atoms with Crippen LogP contribution in [0.4, 0.5) is 0 Å². The number of hydrogen-bond donors (Lipinski definition) is 0. The summed E-state index contributed by atoms with van der Waals surface area (Å²) in [6, 6.07) is 10.0. The highest BCUT2D eigenvalue weighted by molar-refractivity contribution is 5.87. The van der Waals surface area contributed by atoms with E-state index in [-0.39, 0.29) is 11.8 Å². The van der Waals surface area contributed by atoms with Gasteiger partial charge in [0.15, 0.2) is 0 Å². The maximum absolute atomic E-state index is 12.6. The monoisotopic (exact) mass is 325 g/mol. The fourth-order valence-corrected chi connectivity index (χ4v) is 4.02. The number of rotatable bonds is 3. The van der Waals surface area contributed by atoms with Crippen molar-refractivity contribution in [2.75, 3.05) is 0 Å². The summed E-state index contributed by atoms with van der Waals surface area (Å²) in [5.74, 6) is 0.979. The van der Waals surface area contributed by atoms with E-state index in [0.717, 1.165) is 12.0 Å². The predicted molar refractivity (Wildman–Crippen MR) is 95.1 cm³/mol. The molecule has 1 aliphatic heterocycles. The van der Waals surface area contributed by atoms with Crippen molar-refractivity contribution in [3.05, 3.63) is 48.2 Å². The quantitative estimate of drug-likeness (QED) is 0.822. The molecule has 1 atom stereocenters. The Morgan fingerprint density at radius 2 is 1.71 bits per heavy atom. The molecule has 0 radical (unpaired) electrons. The molecule has 1 unspecified atom stereocenters. The summed E-state index contributed by atoms with van der Waals surface area (Å²) < 4.78 is 0. The van der Waals surface area contributed by atoms with Crippen molar-refractivity contribution in [2.45, 2.75) is 57.9 Å². The van der Waals surface area contributed by atoms with Gasteiger partial charge in [0.25, 0.3) is 0 Å². The first-order valence-corrected chi connectivity index (χ1v) is 9.27. The lowest BCUT2D eigenvalue weighted by atomic mass is 9.76. The Hall–Kier alpha value is -1.90. The van der Waals surface area contributed by atoms with Crippen molar-refractivity contribution in [2.24, 2.45) is 11.8 Å². The van der Waals surface area contributed by atoms with Gasteiger partial charge in [0.05, 0.1) is 6.54 Å². The number of carbonyl (C=O) groups excluding carboxylic acids is 2. The number of hydrogen-bond acceptors (Lipinski definition) is 2. The van der Waals surface area contributed by atoms with Crippen LogP contribution in [0, 0.1) is 11.8 Å². The van der Waals surface area contributed by atoms with Gasteiger partial charge in [-0.25, -0.2) is 0 Å². The number of allylic oxidation sites excluding steroid dienone is 1. The Labute approximate surface area is 144 Å². The van der Waals surface area contributed by atoms with Gasteiger partial charge < -0.3 is 4.90 Å². The summed E-state index contributed by atoms with van der Waals surface area (Å²) in [6.07, 6.45) is 11.6. The molecule has 1 heterocycles. The van der Waals surface area contributed by atoms with Crippen LogP contribution in [0.5, 0.6) is 0 Å². The van der Waals surface area contributed by atoms with Crippen LogP contribution >= 0.6 is 0 Å². The average Bonchev–Trinajstić information content (AvgIpc) is 2.69. The molecule has 3 rings (SSSR count). The van der Waals surface area contributed by atoms with Crippen LogP contribution in [0.1, 0.15) is 56.9 Å². The molecule has 24 heavy (non-hydrogen) atoms. The third kappa shape index (κ3) is 4.34. The standard InChI is InChI=1S/C21H27NO2/c23-20-13-14-21(24)22(16-17-8-3-1-4-9-17)15-7-12-19(20)18-10-5-2-6-11-18/h1,3-4,7-9,15,18-19H,2,5-6,10-14,16H2/b15-7-. The molecule has 1 aromatic carbocycles. The highest BCUT2D eigenvalue weighted by atomic mass is 16.2. The van der Waals surface area contributed by atoms with Gasteiger partial charge in [-0.05, 0) is 30.7 Å². The van der Waals surface area contributed by atoms with E-state index in [1.165, 1.54) is 32.1 Å². The molecule has 1 amide bonds. The van der Waals surface area contributed by atoms with E-state index in [9.17, 15) is 9.59 Å². The van der Waals surface area contributed by atoms with Crippen LogP contribution in [-0.2, 0) is 16.1 Å². The minimum Gasteiger partial charge on any atom is -0.315 e. The van der Waals surface area contributed by atoms with Gasteiger partial charge in [-0.1, -0.05) is 55.7 Å². The van der Waals surface area contributed by atoms with Gasteiger partial charge in [-0.15, -0.1) is 0 Å². The van der Waals surface area contributed by atoms with Crippen LogP contribution in [-0.4, -0.2) is 16.6 Å². The molecule has 1 aliphatic carbocycles. The minimum absolute atomic E-state index is 0.0488. The molecule has 0 spiro atoms. The maximum atomic E-state index is 12.6. The summed E-state index contributed by atoms with van der Waals surface area (Å²) in [7, 11) is 0. The molecule has 1 saturated carbocycles. The minimum atomic E-state index is 0.0488. The predicted octanol–water partition coefficient (Wildman–Crippen LogP) is 4.48. The third-order valence-corrected chi connectivity index (χ3v) is 5.41. The fraction of sp³-hybridized carbons (Fsp3) is 0.524. The number of amides is 1. The Morgan fingerprint density at radius 1 is 0.958 bits per heavy atom. The first-order valence-electron chi connectivity index (χ1n) is 9.27. The fourth-order valence-electron chi connectivity index (χ4n) is 4.02. The molecule has 1 aromatic rings. The van der Waals surface area contributed by atoms with Crippen LogP contribution in [0.3, 0.4) is 0 Å². The number of carbonyl (C=O) groups is 2. The van der Waals surface area contributed by atoms with Gasteiger partial charge in [0.1, 0.15) is 5.78 Å².